The molecule has 3 aromatic rings. The van der Waals surface area contributed by atoms with E-state index in [-0.39, 0.29) is 59.5 Å². The summed E-state index contributed by atoms with van der Waals surface area (Å²) in [5, 5.41) is 15.7. The molecular weight excluding hydrogens is 853 g/mol. The van der Waals surface area contributed by atoms with Crippen molar-refractivity contribution in [1.82, 2.24) is 10.6 Å². The molecule has 2 amide bonds. The first-order valence-electron chi connectivity index (χ1n) is 20.9. The van der Waals surface area contributed by atoms with E-state index >= 15 is 0 Å². The van der Waals surface area contributed by atoms with Gasteiger partial charge < -0.3 is 67.8 Å². The average Bonchev–Trinajstić information content (AvgIpc) is 3.29. The zero-order chi connectivity index (χ0) is 47.2. The minimum absolute atomic E-state index is 0.0413. The lowest BCUT2D eigenvalue weighted by Gasteiger charge is -2.44. The molecular formula is C46H60N2O17. The van der Waals surface area contributed by atoms with Gasteiger partial charge in [-0.05, 0) is 41.0 Å². The lowest BCUT2D eigenvalue weighted by atomic mass is 9.80. The zero-order valence-corrected chi connectivity index (χ0v) is 37.5. The van der Waals surface area contributed by atoms with Gasteiger partial charge in [0.25, 0.3) is 0 Å². The van der Waals surface area contributed by atoms with E-state index in [1.807, 2.05) is 78.9 Å². The van der Waals surface area contributed by atoms with Gasteiger partial charge >= 0.3 is 17.9 Å². The van der Waals surface area contributed by atoms with Crippen molar-refractivity contribution in [3.8, 4) is 11.5 Å². The van der Waals surface area contributed by atoms with Crippen molar-refractivity contribution < 1.29 is 81.2 Å². The standard InChI is InChI=1S/C46H60N2O17/c1-30(50)47-42-44(64-33(4)53)43(63-32(3)52)40(28-61-31(2)51)65-45(42)60-25-24-58-21-20-57-22-23-59-29-41(54)48-37(26-49)27-62-46(34-10-8-7-9-11-34,35-12-16-38(55-5)17-13-35)36-14-18-39(56-6)19-15-36/h7-19,37,40,42-45,49H,20-29H2,1-6H3,(H,47,50)(H,48,54)/t37-,40+,42+,43-,44+,45+/m0/s1. The van der Waals surface area contributed by atoms with Crippen LogP contribution in [0.15, 0.2) is 78.9 Å². The summed E-state index contributed by atoms with van der Waals surface area (Å²) in [7, 11) is 3.18. The molecule has 1 saturated heterocycles. The summed E-state index contributed by atoms with van der Waals surface area (Å²) >= 11 is 0. The summed E-state index contributed by atoms with van der Waals surface area (Å²) < 4.78 is 62.0. The van der Waals surface area contributed by atoms with Crippen LogP contribution >= 0.6 is 0 Å². The minimum Gasteiger partial charge on any atom is -0.497 e. The van der Waals surface area contributed by atoms with E-state index in [1.165, 1.54) is 13.8 Å². The molecule has 19 nitrogen and oxygen atoms in total. The van der Waals surface area contributed by atoms with Crippen LogP contribution in [-0.4, -0.2) is 152 Å². The normalized spacial score (nSPS) is 18.7. The van der Waals surface area contributed by atoms with Gasteiger partial charge in [0.1, 0.15) is 42.5 Å². The number of rotatable bonds is 27. The van der Waals surface area contributed by atoms with Crippen LogP contribution in [0.3, 0.4) is 0 Å². The Bertz CT molecular complexity index is 1880. The molecule has 19 heteroatoms. The van der Waals surface area contributed by atoms with E-state index in [9.17, 15) is 29.1 Å². The molecule has 1 aliphatic rings. The summed E-state index contributed by atoms with van der Waals surface area (Å²) in [6.45, 7) is 4.24. The monoisotopic (exact) mass is 912 g/mol. The third-order valence-corrected chi connectivity index (χ3v) is 9.82. The molecule has 356 valence electrons. The molecule has 0 radical (unpaired) electrons. The Labute approximate surface area is 378 Å². The van der Waals surface area contributed by atoms with Crippen molar-refractivity contribution in [3.05, 3.63) is 95.6 Å². The van der Waals surface area contributed by atoms with Gasteiger partial charge in [0.05, 0.1) is 73.1 Å². The number of esters is 3. The maximum Gasteiger partial charge on any atom is 0.303 e. The van der Waals surface area contributed by atoms with Crippen LogP contribution in [0.25, 0.3) is 0 Å². The maximum absolute atomic E-state index is 12.9. The second kappa shape index (κ2) is 27.0. The van der Waals surface area contributed by atoms with Crippen LogP contribution in [0.2, 0.25) is 0 Å². The third-order valence-electron chi connectivity index (χ3n) is 9.82. The fraction of sp³-hybridized carbons (Fsp3) is 0.500. The smallest absolute Gasteiger partial charge is 0.303 e. The molecule has 1 fully saturated rings. The van der Waals surface area contributed by atoms with Gasteiger partial charge in [-0.15, -0.1) is 0 Å². The quantitative estimate of drug-likeness (QED) is 0.0431. The largest absolute Gasteiger partial charge is 0.497 e. The van der Waals surface area contributed by atoms with Crippen LogP contribution in [0.1, 0.15) is 44.4 Å². The second-order valence-corrected chi connectivity index (χ2v) is 14.6. The number of aliphatic hydroxyl groups excluding tert-OH is 1. The van der Waals surface area contributed by atoms with Crippen molar-refractivity contribution >= 4 is 29.7 Å². The van der Waals surface area contributed by atoms with E-state index in [0.717, 1.165) is 30.5 Å². The lowest BCUT2D eigenvalue weighted by Crippen LogP contribution is -2.66. The van der Waals surface area contributed by atoms with Gasteiger partial charge in [-0.25, -0.2) is 0 Å². The molecule has 0 unspecified atom stereocenters. The number of methoxy groups -OCH3 is 2. The van der Waals surface area contributed by atoms with Crippen LogP contribution < -0.4 is 20.1 Å². The van der Waals surface area contributed by atoms with Crippen molar-refractivity contribution in [2.75, 3.05) is 80.3 Å². The summed E-state index contributed by atoms with van der Waals surface area (Å²) in [5.74, 6) is -1.68. The highest BCUT2D eigenvalue weighted by Gasteiger charge is 2.51. The Morgan fingerprint density at radius 3 is 1.71 bits per heavy atom. The summed E-state index contributed by atoms with van der Waals surface area (Å²) in [4.78, 5) is 60.6. The molecule has 0 bridgehead atoms. The fourth-order valence-electron chi connectivity index (χ4n) is 6.97. The first kappa shape index (κ1) is 52.0. The summed E-state index contributed by atoms with van der Waals surface area (Å²) in [6, 6.07) is 22.8. The van der Waals surface area contributed by atoms with Crippen molar-refractivity contribution in [3.63, 3.8) is 0 Å². The summed E-state index contributed by atoms with van der Waals surface area (Å²) in [6.07, 6.45) is -4.79. The van der Waals surface area contributed by atoms with Crippen molar-refractivity contribution in [2.45, 2.75) is 70.0 Å². The number of ether oxygens (including phenoxy) is 11. The first-order chi connectivity index (χ1) is 31.3. The molecule has 3 aromatic carbocycles. The number of hydrogen-bond donors (Lipinski definition) is 3. The number of benzene rings is 3. The number of aliphatic hydroxyl groups is 1. The fourth-order valence-corrected chi connectivity index (χ4v) is 6.97. The van der Waals surface area contributed by atoms with E-state index in [1.54, 1.807) is 14.2 Å². The molecule has 1 aliphatic heterocycles. The van der Waals surface area contributed by atoms with E-state index in [4.69, 9.17) is 52.1 Å². The highest BCUT2D eigenvalue weighted by Crippen LogP contribution is 2.42. The molecule has 4 rings (SSSR count). The van der Waals surface area contributed by atoms with E-state index in [0.29, 0.717) is 11.5 Å². The molecule has 65 heavy (non-hydrogen) atoms. The second-order valence-electron chi connectivity index (χ2n) is 14.6. The molecule has 0 aromatic heterocycles. The number of amides is 2. The Hall–Kier alpha value is -5.67. The Morgan fingerprint density at radius 1 is 0.677 bits per heavy atom. The van der Waals surface area contributed by atoms with Gasteiger partial charge in [-0.2, -0.15) is 0 Å². The third kappa shape index (κ3) is 16.1. The zero-order valence-electron chi connectivity index (χ0n) is 37.5. The van der Waals surface area contributed by atoms with Crippen LogP contribution in [0.4, 0.5) is 0 Å². The molecule has 0 aliphatic carbocycles. The summed E-state index contributed by atoms with van der Waals surface area (Å²) in [5.41, 5.74) is 1.27. The van der Waals surface area contributed by atoms with Crippen LogP contribution in [0, 0.1) is 0 Å². The van der Waals surface area contributed by atoms with Gasteiger partial charge in [0.15, 0.2) is 18.5 Å². The molecule has 0 saturated carbocycles. The number of nitrogens with one attached hydrogen (secondary N) is 2. The minimum atomic E-state index is -1.24. The highest BCUT2D eigenvalue weighted by atomic mass is 16.7. The van der Waals surface area contributed by atoms with E-state index in [2.05, 4.69) is 10.6 Å². The maximum atomic E-state index is 12.9. The Morgan fingerprint density at radius 2 is 1.20 bits per heavy atom. The van der Waals surface area contributed by atoms with Gasteiger partial charge in [-0.3, -0.25) is 24.0 Å². The topological polar surface area (TPSA) is 231 Å². The van der Waals surface area contributed by atoms with Gasteiger partial charge in [-0.1, -0.05) is 54.6 Å². The Balaban J connectivity index is 1.23. The van der Waals surface area contributed by atoms with Crippen LogP contribution in [0.5, 0.6) is 11.5 Å². The molecule has 0 spiro atoms. The molecule has 1 heterocycles. The van der Waals surface area contributed by atoms with Crippen molar-refractivity contribution in [2.24, 2.45) is 0 Å². The van der Waals surface area contributed by atoms with Crippen LogP contribution in [-0.2, 0) is 72.2 Å². The predicted octanol–water partition coefficient (Wildman–Crippen LogP) is 2.21. The Kier molecular flexibility index (Phi) is 21.5. The lowest BCUT2D eigenvalue weighted by molar-refractivity contribution is -0.279. The van der Waals surface area contributed by atoms with Gasteiger partial charge in [0.2, 0.25) is 11.8 Å². The number of carbonyl (C=O) groups excluding carboxylic acids is 5. The average molecular weight is 913 g/mol. The van der Waals surface area contributed by atoms with Crippen molar-refractivity contribution in [1.29, 1.82) is 0 Å². The SMILES string of the molecule is COc1ccc(C(OC[C@H](CO)NC(=O)COCCOCCOCCO[C@@H]2O[C@H](COC(C)=O)[C@H](OC(C)=O)[C@H](OC(C)=O)[C@H]2NC(C)=O)(c2ccccc2)c2ccc(OC)cc2)cc1. The molecule has 6 atom stereocenters. The number of hydrogen-bond acceptors (Lipinski definition) is 17. The van der Waals surface area contributed by atoms with E-state index < -0.39 is 78.6 Å². The van der Waals surface area contributed by atoms with Gasteiger partial charge in [0, 0.05) is 27.7 Å². The highest BCUT2D eigenvalue weighted by molar-refractivity contribution is 5.77. The molecule has 3 N–H and O–H groups in total. The first-order valence-corrected chi connectivity index (χ1v) is 20.9. The number of carbonyl (C=O) groups is 5. The predicted molar refractivity (Wildman–Crippen MR) is 230 cm³/mol.